The number of methoxy groups -OCH3 is 1. The van der Waals surface area contributed by atoms with E-state index >= 15 is 0 Å². The Hall–Kier alpha value is -3.32. The average Bonchev–Trinajstić information content (AvgIpc) is 3.46. The smallest absolute Gasteiger partial charge is 0.270 e. The van der Waals surface area contributed by atoms with Crippen LogP contribution < -0.4 is 4.74 Å². The lowest BCUT2D eigenvalue weighted by atomic mass is 9.96. The summed E-state index contributed by atoms with van der Waals surface area (Å²) in [6.45, 7) is 1.28. The van der Waals surface area contributed by atoms with Gasteiger partial charge in [-0.25, -0.2) is 0 Å². The molecule has 0 spiro atoms. The summed E-state index contributed by atoms with van der Waals surface area (Å²) in [6, 6.07) is 14.9. The van der Waals surface area contributed by atoms with Gasteiger partial charge in [0.2, 0.25) is 0 Å². The van der Waals surface area contributed by atoms with Crippen LogP contribution in [-0.2, 0) is 0 Å². The number of rotatable bonds is 4. The third-order valence-corrected chi connectivity index (χ3v) is 5.95. The van der Waals surface area contributed by atoms with Crippen LogP contribution in [0.2, 0.25) is 5.02 Å². The molecule has 31 heavy (non-hydrogen) atoms. The maximum Gasteiger partial charge on any atom is 0.270 e. The van der Waals surface area contributed by atoms with Gasteiger partial charge in [0.1, 0.15) is 11.4 Å². The van der Waals surface area contributed by atoms with E-state index < -0.39 is 0 Å². The molecule has 0 aliphatic carbocycles. The fourth-order valence-electron chi connectivity index (χ4n) is 4.00. The molecular weight excluding hydrogens is 416 g/mol. The second-order valence-electron chi connectivity index (χ2n) is 7.67. The van der Waals surface area contributed by atoms with Crippen molar-refractivity contribution in [3.63, 3.8) is 0 Å². The largest absolute Gasteiger partial charge is 0.497 e. The van der Waals surface area contributed by atoms with Crippen molar-refractivity contribution in [2.24, 2.45) is 0 Å². The number of nitrogens with zero attached hydrogens (tertiary/aromatic N) is 3. The van der Waals surface area contributed by atoms with Gasteiger partial charge in [-0.2, -0.15) is 4.98 Å². The number of fused-ring (bicyclic) bond motifs is 1. The van der Waals surface area contributed by atoms with Gasteiger partial charge in [-0.05, 0) is 55.3 Å². The van der Waals surface area contributed by atoms with Crippen LogP contribution in [0.5, 0.6) is 5.75 Å². The molecule has 7 nitrogen and oxygen atoms in total. The number of hydrogen-bond donors (Lipinski definition) is 1. The van der Waals surface area contributed by atoms with Crippen molar-refractivity contribution >= 4 is 28.4 Å². The normalized spacial score (nSPS) is 14.8. The lowest BCUT2D eigenvalue weighted by molar-refractivity contribution is 0.0705. The van der Waals surface area contributed by atoms with Gasteiger partial charge in [-0.1, -0.05) is 22.8 Å². The zero-order chi connectivity index (χ0) is 21.4. The Balaban J connectivity index is 1.26. The van der Waals surface area contributed by atoms with Crippen molar-refractivity contribution in [3.05, 3.63) is 65.1 Å². The summed E-state index contributed by atoms with van der Waals surface area (Å²) in [5.74, 6) is 2.06. The van der Waals surface area contributed by atoms with Crippen molar-refractivity contribution < 1.29 is 14.1 Å². The number of halogens is 1. The predicted molar refractivity (Wildman–Crippen MR) is 117 cm³/mol. The second-order valence-corrected chi connectivity index (χ2v) is 8.11. The minimum Gasteiger partial charge on any atom is -0.497 e. The Bertz CT molecular complexity index is 1240. The minimum atomic E-state index is -0.00375. The molecule has 0 saturated carbocycles. The molecule has 3 heterocycles. The fourth-order valence-corrected chi connectivity index (χ4v) is 4.18. The molecule has 0 bridgehead atoms. The molecular formula is C23H21ClN4O3. The van der Waals surface area contributed by atoms with Gasteiger partial charge in [0.15, 0.2) is 5.82 Å². The summed E-state index contributed by atoms with van der Waals surface area (Å²) >= 11 is 6.05. The van der Waals surface area contributed by atoms with E-state index in [1.165, 1.54) is 0 Å². The summed E-state index contributed by atoms with van der Waals surface area (Å²) in [5, 5.41) is 5.77. The standard InChI is InChI=1S/C23H21ClN4O3/c1-30-18-4-2-3-15(12-18)22-26-21(27-31-22)14-7-9-28(10-8-14)23(29)20-13-16-11-17(24)5-6-19(16)25-20/h2-6,11-14,25H,7-10H2,1H3. The summed E-state index contributed by atoms with van der Waals surface area (Å²) in [7, 11) is 1.62. The number of aromatic nitrogens is 3. The molecule has 4 aromatic rings. The molecule has 5 rings (SSSR count). The molecule has 8 heteroatoms. The molecule has 1 aliphatic rings. The van der Waals surface area contributed by atoms with Gasteiger partial charge in [-0.3, -0.25) is 4.79 Å². The van der Waals surface area contributed by atoms with Crippen molar-refractivity contribution in [1.29, 1.82) is 0 Å². The predicted octanol–water partition coefficient (Wildman–Crippen LogP) is 4.90. The summed E-state index contributed by atoms with van der Waals surface area (Å²) in [6.07, 6.45) is 1.57. The van der Waals surface area contributed by atoms with E-state index in [0.717, 1.165) is 35.1 Å². The van der Waals surface area contributed by atoms with Crippen LogP contribution in [0.4, 0.5) is 0 Å². The van der Waals surface area contributed by atoms with Gasteiger partial charge >= 0.3 is 0 Å². The van der Waals surface area contributed by atoms with Gasteiger partial charge < -0.3 is 19.1 Å². The monoisotopic (exact) mass is 436 g/mol. The molecule has 2 aromatic carbocycles. The number of carbonyl (C=O) groups excluding carboxylic acids is 1. The van der Waals surface area contributed by atoms with Crippen LogP contribution in [0.1, 0.15) is 35.1 Å². The molecule has 1 saturated heterocycles. The van der Waals surface area contributed by atoms with E-state index in [-0.39, 0.29) is 11.8 Å². The van der Waals surface area contributed by atoms with Gasteiger partial charge in [0, 0.05) is 40.5 Å². The van der Waals surface area contributed by atoms with Crippen LogP contribution in [0, 0.1) is 0 Å². The molecule has 0 atom stereocenters. The van der Waals surface area contributed by atoms with Gasteiger partial charge in [-0.15, -0.1) is 0 Å². The molecule has 1 amide bonds. The Labute approximate surface area is 184 Å². The highest BCUT2D eigenvalue weighted by molar-refractivity contribution is 6.31. The third kappa shape index (κ3) is 3.88. The first-order valence-corrected chi connectivity index (χ1v) is 10.5. The highest BCUT2D eigenvalue weighted by Crippen LogP contribution is 2.30. The number of aromatic amines is 1. The third-order valence-electron chi connectivity index (χ3n) is 5.72. The molecule has 1 N–H and O–H groups in total. The Kier molecular flexibility index (Phi) is 5.11. The van der Waals surface area contributed by atoms with Gasteiger partial charge in [0.25, 0.3) is 11.8 Å². The maximum atomic E-state index is 12.9. The Morgan fingerprint density at radius 3 is 2.84 bits per heavy atom. The van der Waals surface area contributed by atoms with E-state index in [2.05, 4.69) is 15.1 Å². The van der Waals surface area contributed by atoms with E-state index in [4.69, 9.17) is 20.9 Å². The summed E-state index contributed by atoms with van der Waals surface area (Å²) in [4.78, 5) is 22.6. The lowest BCUT2D eigenvalue weighted by Gasteiger charge is -2.30. The van der Waals surface area contributed by atoms with Crippen molar-refractivity contribution in [3.8, 4) is 17.2 Å². The number of likely N-dealkylation sites (tertiary alicyclic amines) is 1. The van der Waals surface area contributed by atoms with E-state index in [9.17, 15) is 4.79 Å². The quantitative estimate of drug-likeness (QED) is 0.492. The van der Waals surface area contributed by atoms with Crippen LogP contribution in [-0.4, -0.2) is 46.1 Å². The van der Waals surface area contributed by atoms with Crippen LogP contribution >= 0.6 is 11.6 Å². The first-order chi connectivity index (χ1) is 15.1. The number of carbonyl (C=O) groups is 1. The lowest BCUT2D eigenvalue weighted by Crippen LogP contribution is -2.38. The number of H-pyrrole nitrogens is 1. The number of ether oxygens (including phenoxy) is 1. The number of amides is 1. The van der Waals surface area contributed by atoms with Crippen molar-refractivity contribution in [2.75, 3.05) is 20.2 Å². The zero-order valence-electron chi connectivity index (χ0n) is 17.0. The highest BCUT2D eigenvalue weighted by atomic mass is 35.5. The number of nitrogens with one attached hydrogen (secondary N) is 1. The first-order valence-electron chi connectivity index (χ1n) is 10.2. The molecule has 1 aliphatic heterocycles. The first kappa shape index (κ1) is 19.6. The Morgan fingerprint density at radius 1 is 1.19 bits per heavy atom. The van der Waals surface area contributed by atoms with E-state index in [0.29, 0.717) is 35.5 Å². The maximum absolute atomic E-state index is 12.9. The number of benzene rings is 2. The molecule has 0 unspecified atom stereocenters. The zero-order valence-corrected chi connectivity index (χ0v) is 17.7. The van der Waals surface area contributed by atoms with Gasteiger partial charge in [0.05, 0.1) is 7.11 Å². The van der Waals surface area contributed by atoms with Crippen LogP contribution in [0.15, 0.2) is 53.1 Å². The average molecular weight is 437 g/mol. The highest BCUT2D eigenvalue weighted by Gasteiger charge is 2.28. The fraction of sp³-hybridized carbons (Fsp3) is 0.261. The van der Waals surface area contributed by atoms with E-state index in [1.54, 1.807) is 7.11 Å². The van der Waals surface area contributed by atoms with E-state index in [1.807, 2.05) is 53.4 Å². The second kappa shape index (κ2) is 8.07. The topological polar surface area (TPSA) is 84.2 Å². The molecule has 0 radical (unpaired) electrons. The van der Waals surface area contributed by atoms with Crippen molar-refractivity contribution in [2.45, 2.75) is 18.8 Å². The Morgan fingerprint density at radius 2 is 2.03 bits per heavy atom. The number of hydrogen-bond acceptors (Lipinski definition) is 5. The molecule has 1 fully saturated rings. The number of piperidine rings is 1. The van der Waals surface area contributed by atoms with Crippen LogP contribution in [0.3, 0.4) is 0 Å². The molecule has 2 aromatic heterocycles. The van der Waals surface area contributed by atoms with Crippen LogP contribution in [0.25, 0.3) is 22.4 Å². The SMILES string of the molecule is COc1cccc(-c2nc(C3CCN(C(=O)c4cc5cc(Cl)ccc5[nH]4)CC3)no2)c1. The minimum absolute atomic E-state index is 0.00375. The summed E-state index contributed by atoms with van der Waals surface area (Å²) < 4.78 is 10.7. The summed E-state index contributed by atoms with van der Waals surface area (Å²) in [5.41, 5.74) is 2.31. The molecule has 158 valence electrons. The van der Waals surface area contributed by atoms with Crippen molar-refractivity contribution in [1.82, 2.24) is 20.0 Å².